The minimum Gasteiger partial charge on any atom is -0.436 e. The number of benzene rings is 2. The van der Waals surface area contributed by atoms with E-state index in [2.05, 4.69) is 31.7 Å². The quantitative estimate of drug-likeness (QED) is 0.493. The molecule has 1 fully saturated rings. The molecule has 4 aromatic rings. The number of nitrogens with one attached hydrogen (secondary N) is 2. The fraction of sp³-hybridized carbons (Fsp3) is 0.182. The lowest BCUT2D eigenvalue weighted by molar-refractivity contribution is -0.121. The van der Waals surface area contributed by atoms with Gasteiger partial charge in [0.25, 0.3) is 5.88 Å². The molecule has 5 rings (SSSR count). The van der Waals surface area contributed by atoms with Crippen molar-refractivity contribution < 1.29 is 9.53 Å². The molecule has 1 saturated heterocycles. The molecule has 2 aromatic heterocycles. The van der Waals surface area contributed by atoms with E-state index < -0.39 is 0 Å². The molecule has 1 aliphatic heterocycles. The number of nitrogens with zero attached hydrogens (tertiary/aromatic N) is 4. The molecule has 0 radical (unpaired) electrons. The number of rotatable bonds is 5. The van der Waals surface area contributed by atoms with Gasteiger partial charge in [0.15, 0.2) is 10.9 Å². The molecule has 9 heteroatoms. The number of anilines is 3. The Hall–Kier alpha value is -3.72. The number of piperazine rings is 1. The largest absolute Gasteiger partial charge is 0.436 e. The lowest BCUT2D eigenvalue weighted by Gasteiger charge is -2.32. The molecular formula is C22H20N6O2S. The molecule has 0 saturated carbocycles. The second kappa shape index (κ2) is 8.19. The Balaban J connectivity index is 1.31. The van der Waals surface area contributed by atoms with E-state index in [9.17, 15) is 4.79 Å². The van der Waals surface area contributed by atoms with Crippen molar-refractivity contribution in [3.63, 3.8) is 0 Å². The average molecular weight is 433 g/mol. The number of hydrogen-bond donors (Lipinski definition) is 2. The Morgan fingerprint density at radius 3 is 2.74 bits per heavy atom. The minimum absolute atomic E-state index is 0.0315. The van der Waals surface area contributed by atoms with Gasteiger partial charge in [0.1, 0.15) is 5.75 Å². The van der Waals surface area contributed by atoms with Crippen LogP contribution in [0.5, 0.6) is 11.6 Å². The van der Waals surface area contributed by atoms with Gasteiger partial charge in [-0.05, 0) is 43.3 Å². The average Bonchev–Trinajstić information content (AvgIpc) is 3.17. The van der Waals surface area contributed by atoms with E-state index in [0.29, 0.717) is 24.0 Å². The molecular weight excluding hydrogens is 412 g/mol. The van der Waals surface area contributed by atoms with Crippen molar-refractivity contribution in [3.8, 4) is 11.6 Å². The van der Waals surface area contributed by atoms with Crippen LogP contribution in [0, 0.1) is 0 Å². The van der Waals surface area contributed by atoms with Gasteiger partial charge in [-0.1, -0.05) is 23.5 Å². The summed E-state index contributed by atoms with van der Waals surface area (Å²) in [5.41, 5.74) is 1.89. The maximum atomic E-state index is 11.9. The summed E-state index contributed by atoms with van der Waals surface area (Å²) in [6, 6.07) is 15.6. The predicted molar refractivity (Wildman–Crippen MR) is 121 cm³/mol. The summed E-state index contributed by atoms with van der Waals surface area (Å²) in [5, 5.41) is 7.07. The van der Waals surface area contributed by atoms with Crippen molar-refractivity contribution in [2.45, 2.75) is 13.0 Å². The van der Waals surface area contributed by atoms with Gasteiger partial charge in [-0.2, -0.15) is 0 Å². The van der Waals surface area contributed by atoms with E-state index in [1.807, 2.05) is 54.3 Å². The van der Waals surface area contributed by atoms with Crippen molar-refractivity contribution in [1.82, 2.24) is 20.3 Å². The summed E-state index contributed by atoms with van der Waals surface area (Å²) >= 11 is 1.61. The van der Waals surface area contributed by atoms with E-state index in [-0.39, 0.29) is 18.5 Å². The van der Waals surface area contributed by atoms with Crippen LogP contribution in [-0.4, -0.2) is 40.0 Å². The summed E-state index contributed by atoms with van der Waals surface area (Å²) in [6.07, 6.45) is 3.18. The SMILES string of the molecule is C[C@H]1CN(c2nccnc2Oc2ccc(Nc3nc4ccccc4s3)cc2)CC(=O)N1. The Morgan fingerprint density at radius 2 is 1.94 bits per heavy atom. The number of fused-ring (bicyclic) bond motifs is 1. The molecule has 0 bridgehead atoms. The maximum absolute atomic E-state index is 11.9. The third-order valence-electron chi connectivity index (χ3n) is 4.80. The van der Waals surface area contributed by atoms with Crippen LogP contribution >= 0.6 is 11.3 Å². The number of para-hydroxylation sites is 1. The number of hydrogen-bond acceptors (Lipinski definition) is 8. The summed E-state index contributed by atoms with van der Waals surface area (Å²) in [5.74, 6) is 1.52. The Kier molecular flexibility index (Phi) is 5.09. The molecule has 0 aliphatic carbocycles. The number of carbonyl (C=O) groups excluding carboxylic acids is 1. The third kappa shape index (κ3) is 4.26. The monoisotopic (exact) mass is 432 g/mol. The van der Waals surface area contributed by atoms with Gasteiger partial charge in [-0.15, -0.1) is 0 Å². The Morgan fingerprint density at radius 1 is 1.13 bits per heavy atom. The highest BCUT2D eigenvalue weighted by Crippen LogP contribution is 2.31. The van der Waals surface area contributed by atoms with Crippen LogP contribution in [0.4, 0.5) is 16.6 Å². The van der Waals surface area contributed by atoms with Gasteiger partial charge in [0.05, 0.1) is 16.8 Å². The first-order chi connectivity index (χ1) is 15.1. The number of amides is 1. The zero-order chi connectivity index (χ0) is 21.2. The van der Waals surface area contributed by atoms with Crippen LogP contribution in [0.3, 0.4) is 0 Å². The third-order valence-corrected chi connectivity index (χ3v) is 5.75. The van der Waals surface area contributed by atoms with Gasteiger partial charge < -0.3 is 20.3 Å². The van der Waals surface area contributed by atoms with Crippen molar-refractivity contribution in [2.75, 3.05) is 23.3 Å². The van der Waals surface area contributed by atoms with Crippen LogP contribution in [0.25, 0.3) is 10.2 Å². The highest BCUT2D eigenvalue weighted by Gasteiger charge is 2.25. The first kappa shape index (κ1) is 19.3. The van der Waals surface area contributed by atoms with Crippen molar-refractivity contribution >= 4 is 44.1 Å². The molecule has 1 aliphatic rings. The molecule has 156 valence electrons. The summed E-state index contributed by atoms with van der Waals surface area (Å²) in [7, 11) is 0. The van der Waals surface area contributed by atoms with Gasteiger partial charge in [-0.25, -0.2) is 15.0 Å². The first-order valence-corrected chi connectivity index (χ1v) is 10.7. The standard InChI is InChI=1S/C22H20N6O2S/c1-14-12-28(13-19(29)25-14)20-21(24-11-10-23-20)30-16-8-6-15(7-9-16)26-22-27-17-4-2-3-5-18(17)31-22/h2-11,14H,12-13H2,1H3,(H,25,29)(H,26,27)/t14-/m0/s1. The molecule has 0 unspecified atom stereocenters. The number of thiazole rings is 1. The predicted octanol–water partition coefficient (Wildman–Crippen LogP) is 3.95. The Bertz CT molecular complexity index is 1190. The van der Waals surface area contributed by atoms with Crippen molar-refractivity contribution in [1.29, 1.82) is 0 Å². The lowest BCUT2D eigenvalue weighted by atomic mass is 10.2. The highest BCUT2D eigenvalue weighted by molar-refractivity contribution is 7.22. The smallest absolute Gasteiger partial charge is 0.263 e. The molecule has 2 N–H and O–H groups in total. The summed E-state index contributed by atoms with van der Waals surface area (Å²) < 4.78 is 7.14. The minimum atomic E-state index is -0.0411. The number of ether oxygens (including phenoxy) is 1. The van der Waals surface area contributed by atoms with E-state index in [4.69, 9.17) is 4.74 Å². The fourth-order valence-corrected chi connectivity index (χ4v) is 4.36. The van der Waals surface area contributed by atoms with Crippen LogP contribution in [0.1, 0.15) is 6.92 Å². The van der Waals surface area contributed by atoms with Gasteiger partial charge >= 0.3 is 0 Å². The number of aromatic nitrogens is 3. The van der Waals surface area contributed by atoms with Gasteiger partial charge in [-0.3, -0.25) is 4.79 Å². The molecule has 1 amide bonds. The normalized spacial score (nSPS) is 16.2. The van der Waals surface area contributed by atoms with Crippen molar-refractivity contribution in [3.05, 3.63) is 60.9 Å². The zero-order valence-corrected chi connectivity index (χ0v) is 17.6. The van der Waals surface area contributed by atoms with E-state index in [0.717, 1.165) is 21.0 Å². The molecule has 31 heavy (non-hydrogen) atoms. The maximum Gasteiger partial charge on any atom is 0.263 e. The van der Waals surface area contributed by atoms with Crippen LogP contribution < -0.4 is 20.3 Å². The van der Waals surface area contributed by atoms with E-state index in [1.54, 1.807) is 23.7 Å². The van der Waals surface area contributed by atoms with Crippen molar-refractivity contribution in [2.24, 2.45) is 0 Å². The summed E-state index contributed by atoms with van der Waals surface area (Å²) in [6.45, 7) is 2.83. The van der Waals surface area contributed by atoms with E-state index >= 15 is 0 Å². The first-order valence-electron chi connectivity index (χ1n) is 9.90. The van der Waals surface area contributed by atoms with E-state index in [1.165, 1.54) is 0 Å². The van der Waals surface area contributed by atoms with Crippen LogP contribution in [0.15, 0.2) is 60.9 Å². The topological polar surface area (TPSA) is 92.3 Å². The van der Waals surface area contributed by atoms with Gasteiger partial charge in [0, 0.05) is 30.7 Å². The molecule has 1 atom stereocenters. The Labute approximate surface area is 182 Å². The van der Waals surface area contributed by atoms with Crippen LogP contribution in [0.2, 0.25) is 0 Å². The molecule has 3 heterocycles. The number of carbonyl (C=O) groups is 1. The zero-order valence-electron chi connectivity index (χ0n) is 16.8. The highest BCUT2D eigenvalue weighted by atomic mass is 32.1. The second-order valence-corrected chi connectivity index (χ2v) is 8.30. The molecule has 8 nitrogen and oxygen atoms in total. The van der Waals surface area contributed by atoms with Gasteiger partial charge in [0.2, 0.25) is 5.91 Å². The lowest BCUT2D eigenvalue weighted by Crippen LogP contribution is -2.53. The molecule has 0 spiro atoms. The second-order valence-electron chi connectivity index (χ2n) is 7.27. The fourth-order valence-electron chi connectivity index (χ4n) is 3.47. The van der Waals surface area contributed by atoms with Crippen LogP contribution in [-0.2, 0) is 4.79 Å². The summed E-state index contributed by atoms with van der Waals surface area (Å²) in [4.78, 5) is 27.1. The molecule has 2 aromatic carbocycles.